The van der Waals surface area contributed by atoms with Crippen LogP contribution < -0.4 is 11.1 Å². The SMILES string of the molecule is CC(CNCc1ccc(N)c(Br)c1)C(C)(C)C. The maximum absolute atomic E-state index is 5.76. The first-order chi connectivity index (χ1) is 7.80. The van der Waals surface area contributed by atoms with E-state index in [0.29, 0.717) is 11.3 Å². The second-order valence-corrected chi connectivity index (χ2v) is 6.61. The van der Waals surface area contributed by atoms with E-state index in [9.17, 15) is 0 Å². The van der Waals surface area contributed by atoms with Gasteiger partial charge in [-0.25, -0.2) is 0 Å². The average molecular weight is 299 g/mol. The van der Waals surface area contributed by atoms with Crippen molar-refractivity contribution in [1.29, 1.82) is 0 Å². The Labute approximate surface area is 113 Å². The molecule has 0 radical (unpaired) electrons. The normalized spacial score (nSPS) is 13.7. The highest BCUT2D eigenvalue weighted by Gasteiger charge is 2.19. The van der Waals surface area contributed by atoms with Gasteiger partial charge in [-0.2, -0.15) is 0 Å². The molecule has 0 heterocycles. The van der Waals surface area contributed by atoms with Gasteiger partial charge in [0.25, 0.3) is 0 Å². The average Bonchev–Trinajstić information content (AvgIpc) is 2.22. The summed E-state index contributed by atoms with van der Waals surface area (Å²) in [7, 11) is 0. The molecule has 0 aliphatic heterocycles. The van der Waals surface area contributed by atoms with Gasteiger partial charge in [-0.15, -0.1) is 0 Å². The maximum Gasteiger partial charge on any atom is 0.0458 e. The van der Waals surface area contributed by atoms with Gasteiger partial charge in [0.05, 0.1) is 0 Å². The molecule has 1 atom stereocenters. The molecule has 2 nitrogen and oxygen atoms in total. The second kappa shape index (κ2) is 5.87. The van der Waals surface area contributed by atoms with Crippen molar-refractivity contribution in [3.05, 3.63) is 28.2 Å². The van der Waals surface area contributed by atoms with Crippen molar-refractivity contribution in [2.45, 2.75) is 34.2 Å². The lowest BCUT2D eigenvalue weighted by atomic mass is 9.82. The quantitative estimate of drug-likeness (QED) is 0.830. The Morgan fingerprint density at radius 1 is 1.35 bits per heavy atom. The van der Waals surface area contributed by atoms with Crippen molar-refractivity contribution >= 4 is 21.6 Å². The summed E-state index contributed by atoms with van der Waals surface area (Å²) in [5.41, 5.74) is 8.16. The van der Waals surface area contributed by atoms with Crippen LogP contribution in [-0.2, 0) is 6.54 Å². The number of nitrogen functional groups attached to an aromatic ring is 1. The smallest absolute Gasteiger partial charge is 0.0458 e. The Kier molecular flexibility index (Phi) is 5.02. The minimum absolute atomic E-state index is 0.356. The van der Waals surface area contributed by atoms with Crippen molar-refractivity contribution < 1.29 is 0 Å². The van der Waals surface area contributed by atoms with Crippen molar-refractivity contribution in [3.8, 4) is 0 Å². The first-order valence-electron chi connectivity index (χ1n) is 6.05. The number of rotatable bonds is 4. The van der Waals surface area contributed by atoms with E-state index in [4.69, 9.17) is 5.73 Å². The van der Waals surface area contributed by atoms with Crippen LogP contribution in [-0.4, -0.2) is 6.54 Å². The van der Waals surface area contributed by atoms with E-state index in [1.54, 1.807) is 0 Å². The lowest BCUT2D eigenvalue weighted by Crippen LogP contribution is -2.29. The number of anilines is 1. The minimum atomic E-state index is 0.356. The van der Waals surface area contributed by atoms with Gasteiger partial charge in [0, 0.05) is 16.7 Å². The molecular weight excluding hydrogens is 276 g/mol. The van der Waals surface area contributed by atoms with Gasteiger partial charge in [0.1, 0.15) is 0 Å². The molecule has 1 unspecified atom stereocenters. The molecule has 0 bridgehead atoms. The van der Waals surface area contributed by atoms with Crippen LogP contribution in [0.25, 0.3) is 0 Å². The van der Waals surface area contributed by atoms with Gasteiger partial charge in [-0.05, 0) is 51.5 Å². The highest BCUT2D eigenvalue weighted by Crippen LogP contribution is 2.24. The largest absolute Gasteiger partial charge is 0.398 e. The van der Waals surface area contributed by atoms with Gasteiger partial charge < -0.3 is 11.1 Å². The van der Waals surface area contributed by atoms with Crippen LogP contribution in [0.2, 0.25) is 0 Å². The minimum Gasteiger partial charge on any atom is -0.398 e. The Hall–Kier alpha value is -0.540. The first-order valence-corrected chi connectivity index (χ1v) is 6.84. The monoisotopic (exact) mass is 298 g/mol. The molecule has 0 fully saturated rings. The predicted molar refractivity (Wildman–Crippen MR) is 78.9 cm³/mol. The lowest BCUT2D eigenvalue weighted by molar-refractivity contribution is 0.252. The van der Waals surface area contributed by atoms with Crippen LogP contribution in [0.15, 0.2) is 22.7 Å². The molecule has 1 rings (SSSR count). The molecule has 96 valence electrons. The molecule has 3 N–H and O–H groups in total. The van der Waals surface area contributed by atoms with E-state index < -0.39 is 0 Å². The van der Waals surface area contributed by atoms with Crippen LogP contribution in [0.4, 0.5) is 5.69 Å². The van der Waals surface area contributed by atoms with Gasteiger partial charge in [-0.1, -0.05) is 33.8 Å². The van der Waals surface area contributed by atoms with E-state index in [1.165, 1.54) is 5.56 Å². The molecule has 0 spiro atoms. The zero-order valence-corrected chi connectivity index (χ0v) is 12.8. The molecule has 0 saturated carbocycles. The fraction of sp³-hybridized carbons (Fsp3) is 0.571. The highest BCUT2D eigenvalue weighted by atomic mass is 79.9. The van der Waals surface area contributed by atoms with Gasteiger partial charge in [0.2, 0.25) is 0 Å². The van der Waals surface area contributed by atoms with Crippen LogP contribution in [0.1, 0.15) is 33.3 Å². The van der Waals surface area contributed by atoms with E-state index in [0.717, 1.165) is 23.2 Å². The zero-order chi connectivity index (χ0) is 13.1. The summed E-state index contributed by atoms with van der Waals surface area (Å²) in [6.07, 6.45) is 0. The summed E-state index contributed by atoms with van der Waals surface area (Å²) >= 11 is 3.45. The summed E-state index contributed by atoms with van der Waals surface area (Å²) in [4.78, 5) is 0. The number of nitrogens with two attached hydrogens (primary N) is 1. The van der Waals surface area contributed by atoms with Crippen molar-refractivity contribution in [2.75, 3.05) is 12.3 Å². The Balaban J connectivity index is 2.44. The molecule has 3 heteroatoms. The Bertz CT molecular complexity index is 369. The molecule has 1 aromatic carbocycles. The summed E-state index contributed by atoms with van der Waals surface area (Å²) in [6.45, 7) is 11.0. The predicted octanol–water partition coefficient (Wildman–Crippen LogP) is 3.80. The molecule has 0 saturated heterocycles. The molecule has 0 aromatic heterocycles. The van der Waals surface area contributed by atoms with Crippen molar-refractivity contribution in [3.63, 3.8) is 0 Å². The Morgan fingerprint density at radius 2 is 2.00 bits per heavy atom. The van der Waals surface area contributed by atoms with Gasteiger partial charge >= 0.3 is 0 Å². The molecule has 1 aromatic rings. The second-order valence-electron chi connectivity index (χ2n) is 5.75. The molecule has 0 aliphatic carbocycles. The fourth-order valence-corrected chi connectivity index (χ4v) is 1.85. The molecular formula is C14H23BrN2. The van der Waals surface area contributed by atoms with Crippen molar-refractivity contribution in [1.82, 2.24) is 5.32 Å². The maximum atomic E-state index is 5.76. The number of hydrogen-bond acceptors (Lipinski definition) is 2. The van der Waals surface area contributed by atoms with Crippen LogP contribution in [0.5, 0.6) is 0 Å². The highest BCUT2D eigenvalue weighted by molar-refractivity contribution is 9.10. The number of nitrogens with one attached hydrogen (secondary N) is 1. The van der Waals surface area contributed by atoms with E-state index in [2.05, 4.69) is 61.1 Å². The van der Waals surface area contributed by atoms with Crippen LogP contribution >= 0.6 is 15.9 Å². The molecule has 0 amide bonds. The summed E-state index contributed by atoms with van der Waals surface area (Å²) in [5, 5.41) is 3.49. The fourth-order valence-electron chi connectivity index (χ4n) is 1.42. The lowest BCUT2D eigenvalue weighted by Gasteiger charge is -2.27. The van der Waals surface area contributed by atoms with Crippen LogP contribution in [0, 0.1) is 11.3 Å². The number of benzene rings is 1. The van der Waals surface area contributed by atoms with E-state index >= 15 is 0 Å². The van der Waals surface area contributed by atoms with Gasteiger partial charge in [-0.3, -0.25) is 0 Å². The first kappa shape index (κ1) is 14.5. The van der Waals surface area contributed by atoms with Gasteiger partial charge in [0.15, 0.2) is 0 Å². The third kappa shape index (κ3) is 4.68. The van der Waals surface area contributed by atoms with Crippen molar-refractivity contribution in [2.24, 2.45) is 11.3 Å². The standard InChI is InChI=1S/C14H23BrN2/c1-10(14(2,3)4)8-17-9-11-5-6-13(16)12(15)7-11/h5-7,10,17H,8-9,16H2,1-4H3. The molecule has 0 aliphatic rings. The van der Waals surface area contributed by atoms with E-state index in [-0.39, 0.29) is 0 Å². The topological polar surface area (TPSA) is 38.0 Å². The summed E-state index contributed by atoms with van der Waals surface area (Å²) in [5.74, 6) is 0.653. The summed E-state index contributed by atoms with van der Waals surface area (Å²) < 4.78 is 0.973. The van der Waals surface area contributed by atoms with E-state index in [1.807, 2.05) is 6.07 Å². The number of halogens is 1. The summed E-state index contributed by atoms with van der Waals surface area (Å²) in [6, 6.07) is 6.08. The molecule has 17 heavy (non-hydrogen) atoms. The third-order valence-electron chi connectivity index (χ3n) is 3.32. The van der Waals surface area contributed by atoms with Crippen LogP contribution in [0.3, 0.4) is 0 Å². The Morgan fingerprint density at radius 3 is 2.53 bits per heavy atom. The zero-order valence-electron chi connectivity index (χ0n) is 11.2. The third-order valence-corrected chi connectivity index (χ3v) is 4.01. The number of hydrogen-bond donors (Lipinski definition) is 2.